The van der Waals surface area contributed by atoms with Crippen molar-refractivity contribution >= 4 is 5.91 Å². The van der Waals surface area contributed by atoms with Gasteiger partial charge in [-0.25, -0.2) is 4.98 Å². The van der Waals surface area contributed by atoms with Gasteiger partial charge in [0.05, 0.1) is 0 Å². The molecule has 0 saturated carbocycles. The molecule has 1 aromatic heterocycles. The molecule has 1 rings (SSSR count). The van der Waals surface area contributed by atoms with Crippen LogP contribution in [-0.2, 0) is 0 Å². The first-order valence-corrected chi connectivity index (χ1v) is 4.91. The van der Waals surface area contributed by atoms with E-state index < -0.39 is 0 Å². The van der Waals surface area contributed by atoms with E-state index in [9.17, 15) is 9.90 Å². The summed E-state index contributed by atoms with van der Waals surface area (Å²) in [6.45, 7) is 4.71. The largest absolute Gasteiger partial charge is 0.505 e. The summed E-state index contributed by atoms with van der Waals surface area (Å²) in [5.74, 6) is 0.0738. The average molecular weight is 208 g/mol. The Kier molecular flexibility index (Phi) is 3.66. The summed E-state index contributed by atoms with van der Waals surface area (Å²) in [5, 5.41) is 9.45. The van der Waals surface area contributed by atoms with Gasteiger partial charge in [0.25, 0.3) is 5.91 Å². The lowest BCUT2D eigenvalue weighted by Crippen LogP contribution is -2.30. The van der Waals surface area contributed by atoms with Crippen molar-refractivity contribution in [1.82, 2.24) is 9.88 Å². The number of hydrogen-bond donors (Lipinski definition) is 1. The van der Waals surface area contributed by atoms with Crippen molar-refractivity contribution in [2.24, 2.45) is 5.92 Å². The predicted molar refractivity (Wildman–Crippen MR) is 57.7 cm³/mol. The molecule has 0 aliphatic heterocycles. The van der Waals surface area contributed by atoms with Crippen molar-refractivity contribution in [3.05, 3.63) is 24.0 Å². The number of carbonyl (C=O) groups is 1. The molecule has 0 radical (unpaired) electrons. The molecule has 0 unspecified atom stereocenters. The molecule has 0 bridgehead atoms. The molecule has 0 saturated heterocycles. The summed E-state index contributed by atoms with van der Waals surface area (Å²) in [6, 6.07) is 3.05. The molecule has 1 heterocycles. The second kappa shape index (κ2) is 4.77. The first-order valence-electron chi connectivity index (χ1n) is 4.91. The van der Waals surface area contributed by atoms with E-state index >= 15 is 0 Å². The van der Waals surface area contributed by atoms with Crippen LogP contribution in [-0.4, -0.2) is 34.5 Å². The molecule has 0 aromatic carbocycles. The van der Waals surface area contributed by atoms with E-state index in [2.05, 4.69) is 4.98 Å². The monoisotopic (exact) mass is 208 g/mol. The third-order valence-electron chi connectivity index (χ3n) is 1.97. The fraction of sp³-hybridized carbons (Fsp3) is 0.455. The Balaban J connectivity index is 2.81. The molecule has 4 heteroatoms. The zero-order chi connectivity index (χ0) is 11.4. The van der Waals surface area contributed by atoms with Gasteiger partial charge in [-0.05, 0) is 18.1 Å². The van der Waals surface area contributed by atoms with Gasteiger partial charge >= 0.3 is 0 Å². The highest BCUT2D eigenvalue weighted by molar-refractivity contribution is 5.94. The van der Waals surface area contributed by atoms with E-state index in [1.807, 2.05) is 13.8 Å². The smallest absolute Gasteiger partial charge is 0.276 e. The molecule has 1 amide bonds. The Morgan fingerprint density at radius 3 is 2.80 bits per heavy atom. The lowest BCUT2D eigenvalue weighted by molar-refractivity contribution is 0.0770. The Bertz CT molecular complexity index is 350. The van der Waals surface area contributed by atoms with Gasteiger partial charge in [0, 0.05) is 19.8 Å². The molecule has 4 nitrogen and oxygen atoms in total. The average Bonchev–Trinajstić information content (AvgIpc) is 2.16. The van der Waals surface area contributed by atoms with Gasteiger partial charge in [-0.1, -0.05) is 13.8 Å². The van der Waals surface area contributed by atoms with Gasteiger partial charge in [0.15, 0.2) is 5.69 Å². The van der Waals surface area contributed by atoms with E-state index in [1.165, 1.54) is 12.3 Å². The van der Waals surface area contributed by atoms with Gasteiger partial charge < -0.3 is 10.0 Å². The maximum Gasteiger partial charge on any atom is 0.276 e. The van der Waals surface area contributed by atoms with Crippen molar-refractivity contribution in [2.45, 2.75) is 13.8 Å². The highest BCUT2D eigenvalue weighted by Gasteiger charge is 2.17. The second-order valence-corrected chi connectivity index (χ2v) is 3.95. The van der Waals surface area contributed by atoms with Gasteiger partial charge in [-0.2, -0.15) is 0 Å². The molecule has 0 aliphatic rings. The van der Waals surface area contributed by atoms with Crippen molar-refractivity contribution in [1.29, 1.82) is 0 Å². The first kappa shape index (κ1) is 11.5. The molecule has 0 atom stereocenters. The van der Waals surface area contributed by atoms with Gasteiger partial charge in [0.2, 0.25) is 0 Å². The van der Waals surface area contributed by atoms with Crippen LogP contribution >= 0.6 is 0 Å². The van der Waals surface area contributed by atoms with Crippen LogP contribution in [0.5, 0.6) is 5.75 Å². The Hall–Kier alpha value is -1.58. The van der Waals surface area contributed by atoms with Gasteiger partial charge in [0.1, 0.15) is 5.75 Å². The number of amides is 1. The van der Waals surface area contributed by atoms with Gasteiger partial charge in [-0.15, -0.1) is 0 Å². The zero-order valence-electron chi connectivity index (χ0n) is 9.27. The standard InChI is InChI=1S/C11H16N2O2/c1-8(2)7-13(3)11(15)10-9(14)5-4-6-12-10/h4-6,8,14H,7H2,1-3H3. The summed E-state index contributed by atoms with van der Waals surface area (Å²) in [6.07, 6.45) is 1.50. The number of carbonyl (C=O) groups excluding carboxylic acids is 1. The van der Waals surface area contributed by atoms with Crippen molar-refractivity contribution in [2.75, 3.05) is 13.6 Å². The van der Waals surface area contributed by atoms with Crippen molar-refractivity contribution < 1.29 is 9.90 Å². The second-order valence-electron chi connectivity index (χ2n) is 3.95. The van der Waals surface area contributed by atoms with E-state index in [-0.39, 0.29) is 17.4 Å². The number of nitrogens with zero attached hydrogens (tertiary/aromatic N) is 2. The molecule has 0 fully saturated rings. The van der Waals surface area contributed by atoms with E-state index in [0.717, 1.165) is 0 Å². The minimum absolute atomic E-state index is 0.0712. The fourth-order valence-electron chi connectivity index (χ4n) is 1.37. The van der Waals surface area contributed by atoms with Crippen molar-refractivity contribution in [3.63, 3.8) is 0 Å². The summed E-state index contributed by atoms with van der Waals surface area (Å²) in [4.78, 5) is 17.2. The van der Waals surface area contributed by atoms with Crippen LogP contribution in [0, 0.1) is 5.92 Å². The Morgan fingerprint density at radius 1 is 1.60 bits per heavy atom. The van der Waals surface area contributed by atoms with Crippen LogP contribution in [0.4, 0.5) is 0 Å². The van der Waals surface area contributed by atoms with Crippen LogP contribution in [0.1, 0.15) is 24.3 Å². The number of aromatic hydroxyl groups is 1. The maximum absolute atomic E-state index is 11.8. The lowest BCUT2D eigenvalue weighted by atomic mass is 10.2. The third kappa shape index (κ3) is 2.94. The first-order chi connectivity index (χ1) is 7.02. The Labute approximate surface area is 89.6 Å². The number of aromatic nitrogens is 1. The maximum atomic E-state index is 11.8. The molecule has 1 N–H and O–H groups in total. The number of rotatable bonds is 3. The summed E-state index contributed by atoms with van der Waals surface area (Å²) in [7, 11) is 1.70. The quantitative estimate of drug-likeness (QED) is 0.819. The highest BCUT2D eigenvalue weighted by Crippen LogP contribution is 2.14. The van der Waals surface area contributed by atoms with Crippen molar-refractivity contribution in [3.8, 4) is 5.75 Å². The fourth-order valence-corrected chi connectivity index (χ4v) is 1.37. The molecule has 0 spiro atoms. The molecule has 0 aliphatic carbocycles. The van der Waals surface area contributed by atoms with E-state index in [1.54, 1.807) is 18.0 Å². The molecular weight excluding hydrogens is 192 g/mol. The molecule has 82 valence electrons. The minimum Gasteiger partial charge on any atom is -0.505 e. The van der Waals surface area contributed by atoms with E-state index in [4.69, 9.17) is 0 Å². The normalized spacial score (nSPS) is 10.4. The number of pyridine rings is 1. The topological polar surface area (TPSA) is 53.4 Å². The predicted octanol–water partition coefficient (Wildman–Crippen LogP) is 1.52. The summed E-state index contributed by atoms with van der Waals surface area (Å²) >= 11 is 0. The van der Waals surface area contributed by atoms with Gasteiger partial charge in [-0.3, -0.25) is 4.79 Å². The summed E-state index contributed by atoms with van der Waals surface area (Å²) in [5.41, 5.74) is 0.112. The third-order valence-corrected chi connectivity index (χ3v) is 1.97. The number of hydrogen-bond acceptors (Lipinski definition) is 3. The SMILES string of the molecule is CC(C)CN(C)C(=O)c1ncccc1O. The lowest BCUT2D eigenvalue weighted by Gasteiger charge is -2.19. The molecular formula is C11H16N2O2. The molecule has 15 heavy (non-hydrogen) atoms. The van der Waals surface area contributed by atoms with Crippen LogP contribution in [0.2, 0.25) is 0 Å². The zero-order valence-corrected chi connectivity index (χ0v) is 9.27. The van der Waals surface area contributed by atoms with Crippen LogP contribution in [0.15, 0.2) is 18.3 Å². The summed E-state index contributed by atoms with van der Waals surface area (Å²) < 4.78 is 0. The van der Waals surface area contributed by atoms with E-state index in [0.29, 0.717) is 12.5 Å². The van der Waals surface area contributed by atoms with Crippen LogP contribution < -0.4 is 0 Å². The Morgan fingerprint density at radius 2 is 2.27 bits per heavy atom. The molecule has 1 aromatic rings. The van der Waals surface area contributed by atoms with Crippen LogP contribution in [0.25, 0.3) is 0 Å². The minimum atomic E-state index is -0.248. The van der Waals surface area contributed by atoms with Crippen LogP contribution in [0.3, 0.4) is 0 Å². The highest BCUT2D eigenvalue weighted by atomic mass is 16.3.